The lowest BCUT2D eigenvalue weighted by Crippen LogP contribution is -2.45. The van der Waals surface area contributed by atoms with E-state index in [1.807, 2.05) is 19.1 Å². The number of esters is 1. The molecule has 3 heteroatoms. The number of benzene rings is 1. The number of hydrogen-bond acceptors (Lipinski definition) is 3. The van der Waals surface area contributed by atoms with Gasteiger partial charge in [-0.25, -0.2) is 0 Å². The maximum absolute atomic E-state index is 12.0. The van der Waals surface area contributed by atoms with Crippen molar-refractivity contribution in [1.82, 2.24) is 0 Å². The first kappa shape index (κ1) is 16.9. The van der Waals surface area contributed by atoms with Crippen molar-refractivity contribution >= 4 is 5.97 Å². The molecule has 25 heavy (non-hydrogen) atoms. The fourth-order valence-electron chi connectivity index (χ4n) is 6.14. The molecule has 0 saturated heterocycles. The van der Waals surface area contributed by atoms with Crippen LogP contribution in [0.5, 0.6) is 5.75 Å². The van der Waals surface area contributed by atoms with Crippen molar-refractivity contribution in [1.29, 1.82) is 0 Å². The molecule has 0 amide bonds. The van der Waals surface area contributed by atoms with Gasteiger partial charge in [-0.3, -0.25) is 4.79 Å². The highest BCUT2D eigenvalue weighted by Gasteiger charge is 2.56. The number of hydrogen-bond donors (Lipinski definition) is 1. The minimum absolute atomic E-state index is 0.0130. The maximum atomic E-state index is 12.0. The predicted molar refractivity (Wildman–Crippen MR) is 97.5 cm³/mol. The number of ether oxygens (including phenoxy) is 1. The summed E-state index contributed by atoms with van der Waals surface area (Å²) in [4.78, 5) is 12.0. The molecule has 0 aliphatic heterocycles. The van der Waals surface area contributed by atoms with Crippen molar-refractivity contribution in [3.05, 3.63) is 29.3 Å². The second-order valence-corrected chi connectivity index (χ2v) is 8.65. The predicted octanol–water partition coefficient (Wildman–Crippen LogP) is 4.96. The van der Waals surface area contributed by atoms with Gasteiger partial charge in [0.05, 0.1) is 0 Å². The van der Waals surface area contributed by atoms with E-state index in [0.717, 1.165) is 25.7 Å². The van der Waals surface area contributed by atoms with Gasteiger partial charge in [-0.2, -0.15) is 0 Å². The zero-order chi connectivity index (χ0) is 17.6. The Morgan fingerprint density at radius 3 is 2.92 bits per heavy atom. The summed E-state index contributed by atoms with van der Waals surface area (Å²) in [6.07, 6.45) is 8.33. The van der Waals surface area contributed by atoms with E-state index in [2.05, 4.69) is 13.0 Å². The number of aromatic hydroxyl groups is 1. The minimum Gasteiger partial charge on any atom is -0.508 e. The molecule has 1 aromatic rings. The van der Waals surface area contributed by atoms with Crippen molar-refractivity contribution in [2.75, 3.05) is 0 Å². The molecule has 136 valence electrons. The Morgan fingerprint density at radius 1 is 1.28 bits per heavy atom. The number of aryl methyl sites for hydroxylation is 1. The zero-order valence-electron chi connectivity index (χ0n) is 15.5. The average molecular weight is 342 g/mol. The van der Waals surface area contributed by atoms with Gasteiger partial charge in [0.25, 0.3) is 0 Å². The summed E-state index contributed by atoms with van der Waals surface area (Å²) in [5, 5.41) is 9.79. The fraction of sp³-hybridized carbons (Fsp3) is 0.682. The van der Waals surface area contributed by atoms with Gasteiger partial charge in [-0.1, -0.05) is 19.9 Å². The first-order valence-electron chi connectivity index (χ1n) is 10.0. The molecule has 4 rings (SSSR count). The Labute approximate surface area is 150 Å². The van der Waals surface area contributed by atoms with Gasteiger partial charge >= 0.3 is 5.97 Å². The summed E-state index contributed by atoms with van der Waals surface area (Å²) in [6.45, 7) is 4.40. The van der Waals surface area contributed by atoms with Crippen molar-refractivity contribution in [3.63, 3.8) is 0 Å². The number of carbonyl (C=O) groups is 1. The third-order valence-electron chi connectivity index (χ3n) is 7.35. The largest absolute Gasteiger partial charge is 0.508 e. The van der Waals surface area contributed by atoms with Gasteiger partial charge in [0.1, 0.15) is 11.9 Å². The molecule has 3 aliphatic rings. The second-order valence-electron chi connectivity index (χ2n) is 8.65. The van der Waals surface area contributed by atoms with Gasteiger partial charge in [0.2, 0.25) is 0 Å². The first-order chi connectivity index (χ1) is 12.0. The van der Waals surface area contributed by atoms with E-state index >= 15 is 0 Å². The first-order valence-corrected chi connectivity index (χ1v) is 10.0. The van der Waals surface area contributed by atoms with Gasteiger partial charge in [0.15, 0.2) is 0 Å². The summed E-state index contributed by atoms with van der Waals surface area (Å²) >= 11 is 0. The van der Waals surface area contributed by atoms with Crippen LogP contribution in [0.2, 0.25) is 0 Å². The molecular formula is C22H30O3. The average Bonchev–Trinajstić information content (AvgIpc) is 2.91. The summed E-state index contributed by atoms with van der Waals surface area (Å²) in [5.41, 5.74) is 2.95. The molecule has 3 aliphatic carbocycles. The van der Waals surface area contributed by atoms with Crippen LogP contribution < -0.4 is 0 Å². The third kappa shape index (κ3) is 2.76. The summed E-state index contributed by atoms with van der Waals surface area (Å²) < 4.78 is 5.92. The molecule has 1 N–H and O–H groups in total. The Kier molecular flexibility index (Phi) is 4.29. The van der Waals surface area contributed by atoms with Crippen LogP contribution in [-0.4, -0.2) is 17.2 Å². The second kappa shape index (κ2) is 6.34. The van der Waals surface area contributed by atoms with Crippen LogP contribution >= 0.6 is 0 Å². The molecule has 0 unspecified atom stereocenters. The van der Waals surface area contributed by atoms with E-state index in [1.165, 1.54) is 30.4 Å². The highest BCUT2D eigenvalue weighted by molar-refractivity contribution is 5.69. The van der Waals surface area contributed by atoms with Crippen LogP contribution in [0.3, 0.4) is 0 Å². The molecule has 0 bridgehead atoms. The molecule has 2 saturated carbocycles. The van der Waals surface area contributed by atoms with E-state index < -0.39 is 0 Å². The van der Waals surface area contributed by atoms with E-state index in [4.69, 9.17) is 4.74 Å². The van der Waals surface area contributed by atoms with Gasteiger partial charge in [0, 0.05) is 11.8 Å². The van der Waals surface area contributed by atoms with Gasteiger partial charge < -0.3 is 9.84 Å². The van der Waals surface area contributed by atoms with Crippen molar-refractivity contribution in [3.8, 4) is 5.75 Å². The smallest absolute Gasteiger partial charge is 0.306 e. The van der Waals surface area contributed by atoms with Crippen LogP contribution in [0.1, 0.15) is 75.8 Å². The van der Waals surface area contributed by atoms with Crippen LogP contribution in [-0.2, 0) is 16.0 Å². The maximum Gasteiger partial charge on any atom is 0.306 e. The molecule has 0 radical (unpaired) electrons. The van der Waals surface area contributed by atoms with Crippen LogP contribution in [0.25, 0.3) is 0 Å². The normalized spacial score (nSPS) is 36.2. The van der Waals surface area contributed by atoms with Crippen molar-refractivity contribution in [2.24, 2.45) is 17.3 Å². The number of carbonyl (C=O) groups excluding carboxylic acids is 1. The molecule has 3 nitrogen and oxygen atoms in total. The molecule has 0 aromatic heterocycles. The molecule has 0 heterocycles. The Bertz CT molecular complexity index is 667. The number of rotatable bonds is 3. The van der Waals surface area contributed by atoms with Crippen molar-refractivity contribution in [2.45, 2.75) is 77.2 Å². The van der Waals surface area contributed by atoms with E-state index in [1.54, 1.807) is 0 Å². The Hall–Kier alpha value is -1.51. The van der Waals surface area contributed by atoms with E-state index in [0.29, 0.717) is 29.9 Å². The van der Waals surface area contributed by atoms with Crippen LogP contribution in [0, 0.1) is 17.3 Å². The highest BCUT2D eigenvalue weighted by atomic mass is 16.5. The van der Waals surface area contributed by atoms with Crippen LogP contribution in [0.4, 0.5) is 0 Å². The van der Waals surface area contributed by atoms with Crippen LogP contribution in [0.15, 0.2) is 18.2 Å². The van der Waals surface area contributed by atoms with E-state index in [9.17, 15) is 9.90 Å². The molecule has 0 spiro atoms. The number of phenolic OH excluding ortho intramolecular Hbond substituents is 1. The monoisotopic (exact) mass is 342 g/mol. The van der Waals surface area contributed by atoms with E-state index in [-0.39, 0.29) is 17.5 Å². The molecule has 1 aromatic carbocycles. The fourth-order valence-corrected chi connectivity index (χ4v) is 6.14. The quantitative estimate of drug-likeness (QED) is 0.790. The number of phenols is 1. The SMILES string of the molecule is CCCC(=O)O[C@@H]1CC[C@@H]2[C@H]3CCc4cc(O)ccc4[C@@H]3CC[C@]21C. The lowest BCUT2D eigenvalue weighted by atomic mass is 9.55. The van der Waals surface area contributed by atoms with Gasteiger partial charge in [-0.15, -0.1) is 0 Å². The molecule has 5 atom stereocenters. The van der Waals surface area contributed by atoms with Crippen molar-refractivity contribution < 1.29 is 14.6 Å². The Morgan fingerprint density at radius 2 is 2.12 bits per heavy atom. The molecular weight excluding hydrogens is 312 g/mol. The summed E-state index contributed by atoms with van der Waals surface area (Å²) in [7, 11) is 0. The number of fused-ring (bicyclic) bond motifs is 5. The lowest BCUT2D eigenvalue weighted by Gasteiger charge is -2.50. The summed E-state index contributed by atoms with van der Waals surface area (Å²) in [6, 6.07) is 5.96. The minimum atomic E-state index is -0.0130. The lowest BCUT2D eigenvalue weighted by molar-refractivity contribution is -0.157. The standard InChI is InChI=1S/C22H30O3/c1-3-4-21(24)25-20-10-9-19-18-7-5-14-13-15(23)6-8-16(14)17(18)11-12-22(19,20)2/h6,8,13,17-20,23H,3-5,7,9-12H2,1-2H3/t17-,18-,19+,20+,22+/m0/s1. The zero-order valence-corrected chi connectivity index (χ0v) is 15.5. The highest BCUT2D eigenvalue weighted by Crippen LogP contribution is 2.61. The Balaban J connectivity index is 1.56. The van der Waals surface area contributed by atoms with Gasteiger partial charge in [-0.05, 0) is 86.0 Å². The topological polar surface area (TPSA) is 46.5 Å². The summed E-state index contributed by atoms with van der Waals surface area (Å²) in [5.74, 6) is 2.35. The third-order valence-corrected chi connectivity index (χ3v) is 7.35. The molecule has 2 fully saturated rings.